The van der Waals surface area contributed by atoms with E-state index in [4.69, 9.17) is 25.2 Å². The Morgan fingerprint density at radius 2 is 1.84 bits per heavy atom. The number of hydrogen-bond donors (Lipinski definition) is 1. The first-order valence-electron chi connectivity index (χ1n) is 9.67. The number of benzene rings is 1. The normalized spacial score (nSPS) is 15.3. The number of furan rings is 2. The summed E-state index contributed by atoms with van der Waals surface area (Å²) >= 11 is 5.95. The average molecular weight is 456 g/mol. The number of ether oxygens (including phenoxy) is 1. The number of hydrogen-bond acceptors (Lipinski definition) is 7. The predicted octanol–water partition coefficient (Wildman–Crippen LogP) is 3.18. The van der Waals surface area contributed by atoms with Gasteiger partial charge in [-0.1, -0.05) is 23.7 Å². The molecule has 1 N–H and O–H groups in total. The van der Waals surface area contributed by atoms with Crippen LogP contribution in [0.1, 0.15) is 34.3 Å². The van der Waals surface area contributed by atoms with Crippen LogP contribution in [0.5, 0.6) is 0 Å². The second-order valence-corrected chi connectivity index (χ2v) is 7.28. The zero-order valence-corrected chi connectivity index (χ0v) is 17.4. The summed E-state index contributed by atoms with van der Waals surface area (Å²) in [6.45, 7) is -0.947. The topological polar surface area (TPSA) is 114 Å². The molecule has 1 atom stereocenters. The molecule has 10 heteroatoms. The summed E-state index contributed by atoms with van der Waals surface area (Å²) in [5.41, 5.74) is 1.49. The van der Waals surface area contributed by atoms with E-state index in [0.29, 0.717) is 22.9 Å². The fraction of sp³-hybridized carbons (Fsp3) is 0.182. The molecule has 3 heterocycles. The van der Waals surface area contributed by atoms with Gasteiger partial charge < -0.3 is 18.9 Å². The SMILES string of the molecule is O=C(CNC(=O)c1ccco1)OCC(=O)N1N=C(c2ccc(Cl)cc2)CC1c1ccco1. The lowest BCUT2D eigenvalue weighted by atomic mass is 10.0. The van der Waals surface area contributed by atoms with E-state index < -0.39 is 37.0 Å². The van der Waals surface area contributed by atoms with Gasteiger partial charge >= 0.3 is 5.97 Å². The van der Waals surface area contributed by atoms with E-state index in [9.17, 15) is 14.4 Å². The number of carbonyl (C=O) groups excluding carboxylic acids is 3. The van der Waals surface area contributed by atoms with Crippen molar-refractivity contribution in [2.45, 2.75) is 12.5 Å². The van der Waals surface area contributed by atoms with Crippen molar-refractivity contribution in [1.82, 2.24) is 10.3 Å². The Kier molecular flexibility index (Phi) is 6.37. The molecule has 1 aromatic carbocycles. The molecule has 32 heavy (non-hydrogen) atoms. The highest BCUT2D eigenvalue weighted by molar-refractivity contribution is 6.30. The van der Waals surface area contributed by atoms with E-state index in [2.05, 4.69) is 10.4 Å². The van der Waals surface area contributed by atoms with Gasteiger partial charge in [0.15, 0.2) is 12.4 Å². The van der Waals surface area contributed by atoms with Crippen LogP contribution in [0.3, 0.4) is 0 Å². The third-order valence-electron chi connectivity index (χ3n) is 4.71. The maximum atomic E-state index is 12.8. The largest absolute Gasteiger partial charge is 0.467 e. The molecule has 2 aromatic heterocycles. The maximum Gasteiger partial charge on any atom is 0.325 e. The summed E-state index contributed by atoms with van der Waals surface area (Å²) in [4.78, 5) is 36.5. The lowest BCUT2D eigenvalue weighted by Gasteiger charge is -2.19. The molecule has 0 aliphatic carbocycles. The molecule has 1 aliphatic rings. The van der Waals surface area contributed by atoms with E-state index >= 15 is 0 Å². The number of hydrazone groups is 1. The van der Waals surface area contributed by atoms with Crippen molar-refractivity contribution in [2.24, 2.45) is 5.10 Å². The molecule has 1 unspecified atom stereocenters. The molecule has 1 aliphatic heterocycles. The first-order valence-corrected chi connectivity index (χ1v) is 10.1. The van der Waals surface area contributed by atoms with Crippen LogP contribution in [0.4, 0.5) is 0 Å². The Hall–Kier alpha value is -3.85. The van der Waals surface area contributed by atoms with Crippen molar-refractivity contribution in [2.75, 3.05) is 13.2 Å². The van der Waals surface area contributed by atoms with E-state index in [1.807, 2.05) is 12.1 Å². The molecule has 0 radical (unpaired) electrons. The monoisotopic (exact) mass is 455 g/mol. The fourth-order valence-electron chi connectivity index (χ4n) is 3.17. The van der Waals surface area contributed by atoms with Gasteiger partial charge in [-0.05, 0) is 42.0 Å². The predicted molar refractivity (Wildman–Crippen MR) is 113 cm³/mol. The van der Waals surface area contributed by atoms with Gasteiger partial charge in [0.1, 0.15) is 18.3 Å². The number of halogens is 1. The minimum Gasteiger partial charge on any atom is -0.467 e. The Morgan fingerprint density at radius 3 is 2.53 bits per heavy atom. The minimum atomic E-state index is -0.770. The maximum absolute atomic E-state index is 12.8. The molecular weight excluding hydrogens is 438 g/mol. The van der Waals surface area contributed by atoms with Crippen LogP contribution in [-0.4, -0.2) is 41.7 Å². The van der Waals surface area contributed by atoms with Crippen molar-refractivity contribution in [3.8, 4) is 0 Å². The lowest BCUT2D eigenvalue weighted by molar-refractivity contribution is -0.152. The molecule has 3 aromatic rings. The summed E-state index contributed by atoms with van der Waals surface area (Å²) in [5.74, 6) is -1.23. The van der Waals surface area contributed by atoms with Gasteiger partial charge in [0.25, 0.3) is 11.8 Å². The second-order valence-electron chi connectivity index (χ2n) is 6.85. The molecule has 0 fully saturated rings. The van der Waals surface area contributed by atoms with Crippen LogP contribution in [0.25, 0.3) is 0 Å². The van der Waals surface area contributed by atoms with Crippen molar-refractivity contribution in [3.05, 3.63) is 83.2 Å². The third-order valence-corrected chi connectivity index (χ3v) is 4.96. The molecular formula is C22H18ClN3O6. The summed E-state index contributed by atoms with van der Waals surface area (Å²) in [6, 6.07) is 13.1. The van der Waals surface area contributed by atoms with Crippen molar-refractivity contribution in [1.29, 1.82) is 0 Å². The van der Waals surface area contributed by atoms with Crippen LogP contribution in [0.2, 0.25) is 5.02 Å². The summed E-state index contributed by atoms with van der Waals surface area (Å²) < 4.78 is 15.4. The molecule has 2 amide bonds. The van der Waals surface area contributed by atoms with E-state index in [0.717, 1.165) is 5.56 Å². The smallest absolute Gasteiger partial charge is 0.325 e. The molecule has 0 bridgehead atoms. The highest BCUT2D eigenvalue weighted by atomic mass is 35.5. The first-order chi connectivity index (χ1) is 15.5. The fourth-order valence-corrected chi connectivity index (χ4v) is 3.29. The first kappa shape index (κ1) is 21.4. The molecule has 9 nitrogen and oxygen atoms in total. The van der Waals surface area contributed by atoms with Crippen LogP contribution >= 0.6 is 11.6 Å². The number of amides is 2. The van der Waals surface area contributed by atoms with Crippen molar-refractivity contribution >= 4 is 35.1 Å². The summed E-state index contributed by atoms with van der Waals surface area (Å²) in [6.07, 6.45) is 3.28. The van der Waals surface area contributed by atoms with E-state index in [-0.39, 0.29) is 5.76 Å². The number of nitrogens with zero attached hydrogens (tertiary/aromatic N) is 2. The third kappa shape index (κ3) is 4.89. The van der Waals surface area contributed by atoms with Gasteiger partial charge in [0.05, 0.1) is 18.2 Å². The van der Waals surface area contributed by atoms with Gasteiger partial charge in [-0.2, -0.15) is 5.10 Å². The van der Waals surface area contributed by atoms with E-state index in [1.54, 1.807) is 30.3 Å². The number of rotatable bonds is 7. The molecule has 0 spiro atoms. The highest BCUT2D eigenvalue weighted by Crippen LogP contribution is 2.33. The van der Waals surface area contributed by atoms with Crippen LogP contribution < -0.4 is 5.32 Å². The number of esters is 1. The van der Waals surface area contributed by atoms with Crippen molar-refractivity contribution < 1.29 is 28.0 Å². The lowest BCUT2D eigenvalue weighted by Crippen LogP contribution is -2.34. The number of nitrogens with one attached hydrogen (secondary N) is 1. The minimum absolute atomic E-state index is 0.0660. The van der Waals surface area contributed by atoms with Crippen LogP contribution in [-0.2, 0) is 14.3 Å². The Bertz CT molecular complexity index is 1120. The Balaban J connectivity index is 1.38. The van der Waals surface area contributed by atoms with Crippen LogP contribution in [0.15, 0.2) is 75.0 Å². The van der Waals surface area contributed by atoms with Gasteiger partial charge in [0, 0.05) is 11.4 Å². The van der Waals surface area contributed by atoms with Crippen LogP contribution in [0, 0.1) is 0 Å². The van der Waals surface area contributed by atoms with E-state index in [1.165, 1.54) is 23.6 Å². The molecule has 164 valence electrons. The molecule has 0 saturated carbocycles. The van der Waals surface area contributed by atoms with Gasteiger partial charge in [-0.15, -0.1) is 0 Å². The average Bonchev–Trinajstić information content (AvgIpc) is 3.56. The quantitative estimate of drug-likeness (QED) is 0.547. The second kappa shape index (κ2) is 9.52. The standard InChI is InChI=1S/C22H18ClN3O6/c23-15-7-5-14(6-8-15)16-11-17(18-3-1-9-30-18)26(25-16)20(27)13-32-21(28)12-24-22(29)19-4-2-10-31-19/h1-10,17H,11-13H2,(H,24,29). The summed E-state index contributed by atoms with van der Waals surface area (Å²) in [5, 5.41) is 8.63. The summed E-state index contributed by atoms with van der Waals surface area (Å²) in [7, 11) is 0. The highest BCUT2D eigenvalue weighted by Gasteiger charge is 2.35. The molecule has 4 rings (SSSR count). The van der Waals surface area contributed by atoms with Gasteiger partial charge in [-0.25, -0.2) is 5.01 Å². The zero-order chi connectivity index (χ0) is 22.5. The van der Waals surface area contributed by atoms with Crippen molar-refractivity contribution in [3.63, 3.8) is 0 Å². The Morgan fingerprint density at radius 1 is 1.09 bits per heavy atom. The van der Waals surface area contributed by atoms with Gasteiger partial charge in [0.2, 0.25) is 0 Å². The molecule has 0 saturated heterocycles. The zero-order valence-electron chi connectivity index (χ0n) is 16.7. The Labute approximate surface area is 187 Å². The van der Waals surface area contributed by atoms with Gasteiger partial charge in [-0.3, -0.25) is 14.4 Å². The number of carbonyl (C=O) groups is 3.